The largest absolute Gasteiger partial charge is 0.394 e. The minimum absolute atomic E-state index is 0.0260. The minimum atomic E-state index is -1.35. The van der Waals surface area contributed by atoms with Crippen LogP contribution >= 0.6 is 0 Å². The number of benzene rings is 1. The Bertz CT molecular complexity index is 1280. The van der Waals surface area contributed by atoms with Crippen LogP contribution in [0.4, 0.5) is 10.6 Å². The van der Waals surface area contributed by atoms with E-state index in [0.29, 0.717) is 18.8 Å². The van der Waals surface area contributed by atoms with E-state index in [1.54, 1.807) is 12.3 Å². The van der Waals surface area contributed by atoms with Gasteiger partial charge in [-0.25, -0.2) is 9.59 Å². The number of hydrogen-bond donors (Lipinski definition) is 6. The van der Waals surface area contributed by atoms with Crippen molar-refractivity contribution in [2.75, 3.05) is 57.7 Å². The topological polar surface area (TPSA) is 199 Å². The summed E-state index contributed by atoms with van der Waals surface area (Å²) in [6.45, 7) is 5.03. The molecule has 3 amide bonds. The number of guanidine groups is 1. The zero-order chi connectivity index (χ0) is 29.6. The number of anilines is 1. The number of amides is 3. The van der Waals surface area contributed by atoms with E-state index in [2.05, 4.69) is 20.5 Å². The summed E-state index contributed by atoms with van der Waals surface area (Å²) in [4.78, 5) is 47.4. The molecule has 2 fully saturated rings. The number of aromatic nitrogens is 2. The molecule has 2 aromatic rings. The van der Waals surface area contributed by atoms with Gasteiger partial charge in [0, 0.05) is 58.1 Å². The lowest BCUT2D eigenvalue weighted by Crippen LogP contribution is -2.60. The number of urea groups is 1. The number of carbonyl (C=O) groups is 2. The van der Waals surface area contributed by atoms with Crippen molar-refractivity contribution in [2.45, 2.75) is 37.8 Å². The molecule has 1 unspecified atom stereocenters. The first kappa shape index (κ1) is 30.0. The van der Waals surface area contributed by atoms with Gasteiger partial charge in [-0.05, 0) is 49.9 Å². The Balaban J connectivity index is 1.26. The number of carbonyl (C=O) groups excluding carboxylic acids is 2. The van der Waals surface area contributed by atoms with E-state index in [9.17, 15) is 19.5 Å². The number of nitrogens with two attached hydrogens (primary N) is 2. The summed E-state index contributed by atoms with van der Waals surface area (Å²) < 4.78 is 1.42. The van der Waals surface area contributed by atoms with Gasteiger partial charge in [-0.2, -0.15) is 4.98 Å². The highest BCUT2D eigenvalue weighted by molar-refractivity contribution is 5.89. The highest BCUT2D eigenvalue weighted by Crippen LogP contribution is 2.14. The molecule has 0 spiro atoms. The fraction of sp³-hybridized carbons (Fsp3) is 0.519. The first-order chi connectivity index (χ1) is 19.6. The van der Waals surface area contributed by atoms with E-state index in [0.717, 1.165) is 44.5 Å². The average Bonchev–Trinajstić information content (AvgIpc) is 2.96. The van der Waals surface area contributed by atoms with Crippen LogP contribution in [0.15, 0.2) is 41.3 Å². The fourth-order valence-corrected chi connectivity index (χ4v) is 5.03. The van der Waals surface area contributed by atoms with Gasteiger partial charge in [-0.3, -0.25) is 20.1 Å². The van der Waals surface area contributed by atoms with Crippen LogP contribution in [0.25, 0.3) is 5.69 Å². The van der Waals surface area contributed by atoms with Crippen molar-refractivity contribution in [3.63, 3.8) is 0 Å². The molecule has 1 atom stereocenters. The molecule has 4 rings (SSSR count). The van der Waals surface area contributed by atoms with Crippen LogP contribution in [0.1, 0.15) is 25.3 Å². The molecule has 222 valence electrons. The number of piperidine rings is 1. The third-order valence-electron chi connectivity index (χ3n) is 7.59. The van der Waals surface area contributed by atoms with Crippen molar-refractivity contribution >= 4 is 23.7 Å². The Morgan fingerprint density at radius 3 is 2.29 bits per heavy atom. The number of aliphatic hydroxyl groups excluding tert-OH is 1. The quantitative estimate of drug-likeness (QED) is 0.173. The molecule has 0 radical (unpaired) electrons. The molecular weight excluding hydrogens is 528 g/mol. The standard InChI is InChI=1S/C27H40N10O4/c1-27(30,18-38)23(39)35-14-16-36(17-15-35)25(40)32-22-9-13-37(26(41)33-22)21-4-2-19(3-5-21)6-10-34-11-7-20(8-12-34)31-24(28)29/h2-5,9,13,20,38H,6-8,10-12,14-18,30H2,1H3,(H4,28,29,31)(H,32,33,40,41). The normalized spacial score (nSPS) is 18.0. The third kappa shape index (κ3) is 7.80. The number of rotatable bonds is 8. The van der Waals surface area contributed by atoms with E-state index in [1.165, 1.54) is 21.3 Å². The van der Waals surface area contributed by atoms with Crippen molar-refractivity contribution < 1.29 is 14.7 Å². The fourth-order valence-electron chi connectivity index (χ4n) is 5.03. The lowest BCUT2D eigenvalue weighted by molar-refractivity contribution is -0.139. The second-order valence-electron chi connectivity index (χ2n) is 10.8. The summed E-state index contributed by atoms with van der Waals surface area (Å²) in [7, 11) is 0. The van der Waals surface area contributed by atoms with Crippen LogP contribution in [0.2, 0.25) is 0 Å². The summed E-state index contributed by atoms with van der Waals surface area (Å²) >= 11 is 0. The van der Waals surface area contributed by atoms with Crippen LogP contribution in [0.5, 0.6) is 0 Å². The van der Waals surface area contributed by atoms with Gasteiger partial charge < -0.3 is 36.6 Å². The lowest BCUT2D eigenvalue weighted by Gasteiger charge is -2.37. The maximum absolute atomic E-state index is 12.7. The van der Waals surface area contributed by atoms with Crippen molar-refractivity contribution in [1.29, 1.82) is 5.41 Å². The number of likely N-dealkylation sites (tertiary alicyclic amines) is 1. The molecule has 3 heterocycles. The zero-order valence-corrected chi connectivity index (χ0v) is 23.4. The second-order valence-corrected chi connectivity index (χ2v) is 10.8. The molecule has 8 N–H and O–H groups in total. The van der Waals surface area contributed by atoms with Gasteiger partial charge >= 0.3 is 11.7 Å². The molecule has 0 saturated carbocycles. The first-order valence-electron chi connectivity index (χ1n) is 13.8. The third-order valence-corrected chi connectivity index (χ3v) is 7.59. The predicted molar refractivity (Wildman–Crippen MR) is 155 cm³/mol. The van der Waals surface area contributed by atoms with Gasteiger partial charge in [0.15, 0.2) is 5.96 Å². The molecule has 2 aliphatic rings. The van der Waals surface area contributed by atoms with Crippen molar-refractivity contribution in [3.05, 3.63) is 52.6 Å². The van der Waals surface area contributed by atoms with E-state index in [1.807, 2.05) is 24.3 Å². The SMILES string of the molecule is CC(N)(CO)C(=O)N1CCN(C(=O)Nc2ccn(-c3ccc(CCN4CCC(NC(=N)N)CC4)cc3)c(=O)n2)CC1. The van der Waals surface area contributed by atoms with Crippen molar-refractivity contribution in [1.82, 2.24) is 29.6 Å². The van der Waals surface area contributed by atoms with Gasteiger partial charge in [0.1, 0.15) is 11.4 Å². The lowest BCUT2D eigenvalue weighted by atomic mass is 10.0. The van der Waals surface area contributed by atoms with Gasteiger partial charge in [0.25, 0.3) is 0 Å². The molecule has 1 aromatic heterocycles. The molecule has 1 aromatic carbocycles. The van der Waals surface area contributed by atoms with Gasteiger partial charge in [-0.1, -0.05) is 12.1 Å². The highest BCUT2D eigenvalue weighted by Gasteiger charge is 2.34. The second kappa shape index (κ2) is 13.1. The molecule has 41 heavy (non-hydrogen) atoms. The minimum Gasteiger partial charge on any atom is -0.394 e. The molecule has 0 bridgehead atoms. The Kier molecular flexibility index (Phi) is 9.57. The van der Waals surface area contributed by atoms with E-state index in [-0.39, 0.29) is 36.8 Å². The smallest absolute Gasteiger partial charge is 0.354 e. The summed E-state index contributed by atoms with van der Waals surface area (Å²) in [5, 5.41) is 22.3. The Morgan fingerprint density at radius 1 is 1.07 bits per heavy atom. The Hall–Kier alpha value is -4.01. The van der Waals surface area contributed by atoms with Gasteiger partial charge in [0.05, 0.1) is 12.3 Å². The molecular formula is C27H40N10O4. The summed E-state index contributed by atoms with van der Waals surface area (Å²) in [6.07, 6.45) is 4.38. The van der Waals surface area contributed by atoms with Crippen LogP contribution < -0.4 is 27.8 Å². The molecule has 14 nitrogen and oxygen atoms in total. The number of nitrogens with zero attached hydrogens (tertiary/aromatic N) is 5. The molecule has 14 heteroatoms. The Labute approximate surface area is 238 Å². The van der Waals surface area contributed by atoms with Crippen LogP contribution in [-0.4, -0.2) is 111 Å². The van der Waals surface area contributed by atoms with Crippen molar-refractivity contribution in [2.24, 2.45) is 11.5 Å². The predicted octanol–water partition coefficient (Wildman–Crippen LogP) is -0.892. The average molecular weight is 569 g/mol. The number of aliphatic hydroxyl groups is 1. The molecule has 2 saturated heterocycles. The maximum atomic E-state index is 12.7. The van der Waals surface area contributed by atoms with Crippen LogP contribution in [-0.2, 0) is 11.2 Å². The van der Waals surface area contributed by atoms with Gasteiger partial charge in [0.2, 0.25) is 5.91 Å². The monoisotopic (exact) mass is 568 g/mol. The van der Waals surface area contributed by atoms with E-state index in [4.69, 9.17) is 16.9 Å². The summed E-state index contributed by atoms with van der Waals surface area (Å²) in [5.41, 5.74) is 11.2. The Morgan fingerprint density at radius 2 is 1.71 bits per heavy atom. The maximum Gasteiger partial charge on any atom is 0.354 e. The zero-order valence-electron chi connectivity index (χ0n) is 23.4. The number of nitrogens with one attached hydrogen (secondary N) is 3. The van der Waals surface area contributed by atoms with Crippen LogP contribution in [0, 0.1) is 5.41 Å². The molecule has 2 aliphatic heterocycles. The van der Waals surface area contributed by atoms with Crippen molar-refractivity contribution in [3.8, 4) is 5.69 Å². The molecule has 0 aliphatic carbocycles. The summed E-state index contributed by atoms with van der Waals surface area (Å²) in [5.74, 6) is -0.195. The van der Waals surface area contributed by atoms with E-state index < -0.39 is 23.9 Å². The first-order valence-corrected chi connectivity index (χ1v) is 13.8. The number of hydrogen-bond acceptors (Lipinski definition) is 8. The number of piperazine rings is 1. The van der Waals surface area contributed by atoms with E-state index >= 15 is 0 Å². The van der Waals surface area contributed by atoms with Gasteiger partial charge in [-0.15, -0.1) is 0 Å². The highest BCUT2D eigenvalue weighted by atomic mass is 16.3. The summed E-state index contributed by atoms with van der Waals surface area (Å²) in [6, 6.07) is 9.18. The van der Waals surface area contributed by atoms with Crippen LogP contribution in [0.3, 0.4) is 0 Å².